The minimum absolute atomic E-state index is 0.134. The SMILES string of the molecule is O=C(Cn1cnc2c(cnn2CCO)c1=O)Nc1ccccc1C(F)(F)F. The Morgan fingerprint density at radius 3 is 2.70 bits per heavy atom. The van der Waals surface area contributed by atoms with E-state index in [1.54, 1.807) is 0 Å². The fourth-order valence-electron chi connectivity index (χ4n) is 2.55. The van der Waals surface area contributed by atoms with Crippen LogP contribution in [-0.4, -0.2) is 37.0 Å². The van der Waals surface area contributed by atoms with Crippen molar-refractivity contribution in [2.45, 2.75) is 19.3 Å². The Bertz CT molecular complexity index is 1040. The van der Waals surface area contributed by atoms with Gasteiger partial charge in [-0.1, -0.05) is 12.1 Å². The number of fused-ring (bicyclic) bond motifs is 1. The predicted molar refractivity (Wildman–Crippen MR) is 88.9 cm³/mol. The van der Waals surface area contributed by atoms with Crippen LogP contribution in [0.1, 0.15) is 5.56 Å². The molecule has 0 saturated carbocycles. The number of benzene rings is 1. The summed E-state index contributed by atoms with van der Waals surface area (Å²) in [5, 5.41) is 15.2. The highest BCUT2D eigenvalue weighted by atomic mass is 19.4. The number of amides is 1. The first-order valence-electron chi connectivity index (χ1n) is 7.79. The maximum Gasteiger partial charge on any atom is 0.418 e. The zero-order chi connectivity index (χ0) is 19.6. The molecule has 0 spiro atoms. The average Bonchev–Trinajstić information content (AvgIpc) is 3.01. The maximum atomic E-state index is 13.0. The molecule has 0 aliphatic rings. The van der Waals surface area contributed by atoms with Gasteiger partial charge >= 0.3 is 6.18 Å². The van der Waals surface area contributed by atoms with Crippen LogP contribution < -0.4 is 10.9 Å². The molecule has 1 aromatic carbocycles. The lowest BCUT2D eigenvalue weighted by Crippen LogP contribution is -2.28. The normalized spacial score (nSPS) is 11.7. The third-order valence-electron chi connectivity index (χ3n) is 3.75. The van der Waals surface area contributed by atoms with Gasteiger partial charge in [0.15, 0.2) is 5.65 Å². The number of nitrogens with zero attached hydrogens (tertiary/aromatic N) is 4. The topological polar surface area (TPSA) is 102 Å². The van der Waals surface area contributed by atoms with Crippen molar-refractivity contribution in [3.05, 3.63) is 52.7 Å². The number of rotatable bonds is 5. The van der Waals surface area contributed by atoms with Gasteiger partial charge in [0.25, 0.3) is 5.56 Å². The second kappa shape index (κ2) is 7.19. The van der Waals surface area contributed by atoms with E-state index in [4.69, 9.17) is 5.11 Å². The highest BCUT2D eigenvalue weighted by Gasteiger charge is 2.33. The number of para-hydroxylation sites is 1. The first-order chi connectivity index (χ1) is 12.8. The molecular formula is C16H14F3N5O3. The molecule has 0 atom stereocenters. The Morgan fingerprint density at radius 1 is 1.26 bits per heavy atom. The van der Waals surface area contributed by atoms with E-state index in [1.807, 2.05) is 0 Å². The quantitative estimate of drug-likeness (QED) is 0.693. The number of halogens is 3. The molecular weight excluding hydrogens is 367 g/mol. The van der Waals surface area contributed by atoms with Gasteiger partial charge in [0.2, 0.25) is 5.91 Å². The lowest BCUT2D eigenvalue weighted by atomic mass is 10.1. The van der Waals surface area contributed by atoms with E-state index in [9.17, 15) is 22.8 Å². The van der Waals surface area contributed by atoms with Crippen LogP contribution in [0, 0.1) is 0 Å². The molecule has 0 saturated heterocycles. The Kier molecular flexibility index (Phi) is 4.95. The Hall–Kier alpha value is -3.21. The molecule has 2 aromatic heterocycles. The first kappa shape index (κ1) is 18.6. The Balaban J connectivity index is 1.83. The van der Waals surface area contributed by atoms with Gasteiger partial charge in [-0.15, -0.1) is 0 Å². The summed E-state index contributed by atoms with van der Waals surface area (Å²) in [6.45, 7) is -0.559. The van der Waals surface area contributed by atoms with Crippen LogP contribution in [0.15, 0.2) is 41.6 Å². The summed E-state index contributed by atoms with van der Waals surface area (Å²) in [6, 6.07) is 4.56. The van der Waals surface area contributed by atoms with Gasteiger partial charge in [0.1, 0.15) is 18.3 Å². The van der Waals surface area contributed by atoms with Crippen LogP contribution in [0.5, 0.6) is 0 Å². The summed E-state index contributed by atoms with van der Waals surface area (Å²) in [5.41, 5.74) is -1.70. The second-order valence-electron chi connectivity index (χ2n) is 5.60. The Morgan fingerprint density at radius 2 is 2.00 bits per heavy atom. The largest absolute Gasteiger partial charge is 0.418 e. The predicted octanol–water partition coefficient (Wildman–Crippen LogP) is 1.24. The lowest BCUT2D eigenvalue weighted by Gasteiger charge is -2.13. The average molecular weight is 381 g/mol. The number of carbonyl (C=O) groups is 1. The summed E-state index contributed by atoms with van der Waals surface area (Å²) in [4.78, 5) is 28.6. The van der Waals surface area contributed by atoms with Crippen LogP contribution in [0.4, 0.5) is 18.9 Å². The minimum atomic E-state index is -4.62. The van der Waals surface area contributed by atoms with Crippen molar-refractivity contribution in [1.29, 1.82) is 0 Å². The van der Waals surface area contributed by atoms with Crippen molar-refractivity contribution in [3.8, 4) is 0 Å². The highest BCUT2D eigenvalue weighted by Crippen LogP contribution is 2.34. The van der Waals surface area contributed by atoms with Crippen LogP contribution in [0.25, 0.3) is 11.0 Å². The van der Waals surface area contributed by atoms with Crippen LogP contribution in [-0.2, 0) is 24.1 Å². The Labute approximate surface area is 149 Å². The summed E-state index contributed by atoms with van der Waals surface area (Å²) in [7, 11) is 0. The molecule has 8 nitrogen and oxygen atoms in total. The van der Waals surface area contributed by atoms with Crippen molar-refractivity contribution >= 4 is 22.6 Å². The molecule has 3 rings (SSSR count). The van der Waals surface area contributed by atoms with E-state index in [2.05, 4.69) is 15.4 Å². The molecule has 1 amide bonds. The number of nitrogens with one attached hydrogen (secondary N) is 1. The number of hydrogen-bond acceptors (Lipinski definition) is 5. The zero-order valence-corrected chi connectivity index (χ0v) is 13.8. The van der Waals surface area contributed by atoms with Crippen LogP contribution >= 0.6 is 0 Å². The van der Waals surface area contributed by atoms with Gasteiger partial charge in [0, 0.05) is 0 Å². The number of carbonyl (C=O) groups excluding carboxylic acids is 1. The lowest BCUT2D eigenvalue weighted by molar-refractivity contribution is -0.137. The molecule has 0 aliphatic heterocycles. The number of alkyl halides is 3. The van der Waals surface area contributed by atoms with Crippen molar-refractivity contribution in [2.24, 2.45) is 0 Å². The van der Waals surface area contributed by atoms with E-state index >= 15 is 0 Å². The van der Waals surface area contributed by atoms with Gasteiger partial charge in [-0.3, -0.25) is 14.2 Å². The summed E-state index contributed by atoms with van der Waals surface area (Å²) in [5.74, 6) is -0.808. The van der Waals surface area contributed by atoms with Gasteiger partial charge < -0.3 is 10.4 Å². The summed E-state index contributed by atoms with van der Waals surface area (Å²) >= 11 is 0. The van der Waals surface area contributed by atoms with Crippen molar-refractivity contribution in [1.82, 2.24) is 19.3 Å². The molecule has 27 heavy (non-hydrogen) atoms. The number of aliphatic hydroxyl groups is 1. The second-order valence-corrected chi connectivity index (χ2v) is 5.60. The maximum absolute atomic E-state index is 13.0. The number of hydrogen-bond donors (Lipinski definition) is 2. The van der Waals surface area contributed by atoms with E-state index in [0.29, 0.717) is 0 Å². The molecule has 3 aromatic rings. The summed E-state index contributed by atoms with van der Waals surface area (Å²) < 4.78 is 41.3. The van der Waals surface area contributed by atoms with Gasteiger partial charge in [0.05, 0.1) is 30.6 Å². The van der Waals surface area contributed by atoms with E-state index in [1.165, 1.54) is 23.0 Å². The minimum Gasteiger partial charge on any atom is -0.394 e. The molecule has 0 radical (unpaired) electrons. The standard InChI is InChI=1S/C16H14F3N5O3/c17-16(18,19)11-3-1-2-4-12(11)22-13(26)8-23-9-20-14-10(15(23)27)7-21-24(14)5-6-25/h1-4,7,9,25H,5-6,8H2,(H,22,26). The molecule has 0 fully saturated rings. The third kappa shape index (κ3) is 3.82. The molecule has 0 aliphatic carbocycles. The van der Waals surface area contributed by atoms with Crippen LogP contribution in [0.3, 0.4) is 0 Å². The van der Waals surface area contributed by atoms with Crippen LogP contribution in [0.2, 0.25) is 0 Å². The monoisotopic (exact) mass is 381 g/mol. The number of anilines is 1. The van der Waals surface area contributed by atoms with Gasteiger partial charge in [-0.2, -0.15) is 18.3 Å². The third-order valence-corrected chi connectivity index (χ3v) is 3.75. The molecule has 2 N–H and O–H groups in total. The molecule has 0 unspecified atom stereocenters. The fraction of sp³-hybridized carbons (Fsp3) is 0.250. The fourth-order valence-corrected chi connectivity index (χ4v) is 2.55. The highest BCUT2D eigenvalue weighted by molar-refractivity contribution is 5.91. The molecule has 2 heterocycles. The zero-order valence-electron chi connectivity index (χ0n) is 13.8. The first-order valence-corrected chi connectivity index (χ1v) is 7.79. The van der Waals surface area contributed by atoms with E-state index in [-0.39, 0.29) is 24.2 Å². The molecule has 142 valence electrons. The molecule has 11 heteroatoms. The van der Waals surface area contributed by atoms with Crippen molar-refractivity contribution < 1.29 is 23.1 Å². The smallest absolute Gasteiger partial charge is 0.394 e. The molecule has 0 bridgehead atoms. The number of aliphatic hydroxyl groups excluding tert-OH is 1. The van der Waals surface area contributed by atoms with Crippen molar-refractivity contribution in [2.75, 3.05) is 11.9 Å². The van der Waals surface area contributed by atoms with Gasteiger partial charge in [-0.05, 0) is 12.1 Å². The summed E-state index contributed by atoms with van der Waals surface area (Å²) in [6.07, 6.45) is -2.26. The number of aromatic nitrogens is 4. The van der Waals surface area contributed by atoms with E-state index < -0.39 is 35.4 Å². The van der Waals surface area contributed by atoms with Gasteiger partial charge in [-0.25, -0.2) is 9.67 Å². The van der Waals surface area contributed by atoms with E-state index in [0.717, 1.165) is 23.0 Å². The van der Waals surface area contributed by atoms with Crippen molar-refractivity contribution in [3.63, 3.8) is 0 Å².